The van der Waals surface area contributed by atoms with Crippen LogP contribution in [0, 0.1) is 11.3 Å². The van der Waals surface area contributed by atoms with Gasteiger partial charge in [0.2, 0.25) is 0 Å². The van der Waals surface area contributed by atoms with Gasteiger partial charge in [0.25, 0.3) is 5.91 Å². The van der Waals surface area contributed by atoms with Gasteiger partial charge in [-0.1, -0.05) is 13.8 Å². The van der Waals surface area contributed by atoms with Gasteiger partial charge < -0.3 is 15.8 Å². The molecule has 0 aromatic heterocycles. The Morgan fingerprint density at radius 2 is 2.15 bits per heavy atom. The number of hydrogen-bond acceptors (Lipinski definition) is 3. The molecule has 4 nitrogen and oxygen atoms in total. The topological polar surface area (TPSA) is 73.2 Å². The Bertz CT molecular complexity index is 292. The Morgan fingerprint density at radius 1 is 1.62 bits per heavy atom. The smallest absolute Gasteiger partial charge is 0.257 e. The minimum atomic E-state index is -0.344. The van der Waals surface area contributed by atoms with E-state index >= 15 is 0 Å². The molecule has 0 saturated carbocycles. The number of hydrogen-bond donors (Lipinski definition) is 3. The normalized spacial score (nSPS) is 22.5. The molecule has 1 atom stereocenters. The van der Waals surface area contributed by atoms with Gasteiger partial charge in [-0.2, -0.15) is 0 Å². The summed E-state index contributed by atoms with van der Waals surface area (Å²) in [7, 11) is 0. The molecule has 1 unspecified atom stereocenters. The molecule has 0 aromatic carbocycles. The third kappa shape index (κ3) is 1.56. The molecule has 1 amide bonds. The van der Waals surface area contributed by atoms with Gasteiger partial charge in [0.05, 0.1) is 11.6 Å². The zero-order valence-corrected chi connectivity index (χ0v) is 8.01. The summed E-state index contributed by atoms with van der Waals surface area (Å²) in [6.07, 6.45) is 0. The first kappa shape index (κ1) is 9.77. The predicted molar refractivity (Wildman–Crippen MR) is 49.8 cm³/mol. The second kappa shape index (κ2) is 3.20. The van der Waals surface area contributed by atoms with Crippen molar-refractivity contribution >= 4 is 11.6 Å². The average molecular weight is 182 g/mol. The van der Waals surface area contributed by atoms with Crippen molar-refractivity contribution < 1.29 is 9.90 Å². The Morgan fingerprint density at radius 3 is 2.38 bits per heavy atom. The first-order valence-electron chi connectivity index (χ1n) is 4.24. The molecule has 1 aliphatic heterocycles. The summed E-state index contributed by atoms with van der Waals surface area (Å²) in [5.41, 5.74) is 0.233. The molecule has 0 saturated heterocycles. The van der Waals surface area contributed by atoms with Gasteiger partial charge in [-0.3, -0.25) is 4.79 Å². The molecule has 1 heterocycles. The van der Waals surface area contributed by atoms with E-state index in [1.54, 1.807) is 0 Å². The van der Waals surface area contributed by atoms with Crippen molar-refractivity contribution in [2.75, 3.05) is 0 Å². The van der Waals surface area contributed by atoms with E-state index in [4.69, 9.17) is 5.41 Å². The van der Waals surface area contributed by atoms with Crippen molar-refractivity contribution in [1.29, 1.82) is 5.41 Å². The number of nitrogens with one attached hydrogen (secondary N) is 2. The Hall–Kier alpha value is -1.32. The molecule has 3 N–H and O–H groups in total. The minimum Gasteiger partial charge on any atom is -0.509 e. The van der Waals surface area contributed by atoms with E-state index in [2.05, 4.69) is 5.32 Å². The zero-order chi connectivity index (χ0) is 10.2. The zero-order valence-electron chi connectivity index (χ0n) is 8.01. The summed E-state index contributed by atoms with van der Waals surface area (Å²) in [6.45, 7) is 5.31. The standard InChI is InChI=1S/C9H14N2O2/c1-4(2)7-8(12)6(5(3)10)9(13)11-7/h4,7,10,12H,1-3H3,(H,11,13). The Balaban J connectivity index is 3.04. The number of rotatable bonds is 2. The van der Waals surface area contributed by atoms with Crippen LogP contribution in [0.1, 0.15) is 20.8 Å². The average Bonchev–Trinajstić information content (AvgIpc) is 2.26. The van der Waals surface area contributed by atoms with Gasteiger partial charge in [0, 0.05) is 5.71 Å². The molecule has 4 heteroatoms. The van der Waals surface area contributed by atoms with Crippen molar-refractivity contribution in [3.8, 4) is 0 Å². The first-order valence-corrected chi connectivity index (χ1v) is 4.24. The predicted octanol–water partition coefficient (Wildman–Crippen LogP) is 0.993. The fourth-order valence-corrected chi connectivity index (χ4v) is 1.40. The van der Waals surface area contributed by atoms with E-state index in [1.165, 1.54) is 6.92 Å². The molecular weight excluding hydrogens is 168 g/mol. The highest BCUT2D eigenvalue weighted by Gasteiger charge is 2.34. The van der Waals surface area contributed by atoms with Crippen molar-refractivity contribution in [3.05, 3.63) is 11.3 Å². The molecule has 0 aromatic rings. The third-order valence-electron chi connectivity index (χ3n) is 2.11. The summed E-state index contributed by atoms with van der Waals surface area (Å²) < 4.78 is 0. The second-order valence-corrected chi connectivity index (χ2v) is 3.58. The van der Waals surface area contributed by atoms with Gasteiger partial charge in [-0.25, -0.2) is 0 Å². The van der Waals surface area contributed by atoms with Gasteiger partial charge in [0.15, 0.2) is 0 Å². The fraction of sp³-hybridized carbons (Fsp3) is 0.556. The maximum Gasteiger partial charge on any atom is 0.257 e. The van der Waals surface area contributed by atoms with Crippen LogP contribution in [0.5, 0.6) is 0 Å². The Labute approximate surface area is 77.2 Å². The summed E-state index contributed by atoms with van der Waals surface area (Å²) in [5.74, 6) is -0.197. The van der Waals surface area contributed by atoms with Gasteiger partial charge in [-0.15, -0.1) is 0 Å². The van der Waals surface area contributed by atoms with Crippen LogP contribution in [0.4, 0.5) is 0 Å². The van der Waals surface area contributed by atoms with E-state index in [9.17, 15) is 9.90 Å². The number of amides is 1. The molecule has 0 spiro atoms. The lowest BCUT2D eigenvalue weighted by atomic mass is 10.0. The molecule has 0 bridgehead atoms. The highest BCUT2D eigenvalue weighted by atomic mass is 16.3. The molecule has 0 radical (unpaired) electrons. The monoisotopic (exact) mass is 182 g/mol. The molecule has 0 aliphatic carbocycles. The second-order valence-electron chi connectivity index (χ2n) is 3.58. The van der Waals surface area contributed by atoms with Crippen LogP contribution in [-0.2, 0) is 4.79 Å². The first-order chi connectivity index (χ1) is 5.95. The number of aliphatic hydroxyl groups excluding tert-OH is 1. The Kier molecular flexibility index (Phi) is 2.40. The maximum absolute atomic E-state index is 11.3. The van der Waals surface area contributed by atoms with E-state index < -0.39 is 0 Å². The van der Waals surface area contributed by atoms with Crippen LogP contribution in [0.3, 0.4) is 0 Å². The highest BCUT2D eigenvalue weighted by molar-refractivity contribution is 6.21. The maximum atomic E-state index is 11.3. The lowest BCUT2D eigenvalue weighted by Gasteiger charge is -2.14. The van der Waals surface area contributed by atoms with Crippen molar-refractivity contribution in [3.63, 3.8) is 0 Å². The summed E-state index contributed by atoms with van der Waals surface area (Å²) in [4.78, 5) is 11.3. The lowest BCUT2D eigenvalue weighted by Crippen LogP contribution is -2.33. The number of carbonyl (C=O) groups is 1. The molecule has 1 aliphatic rings. The number of aliphatic hydroxyl groups is 1. The van der Waals surface area contributed by atoms with Crippen LogP contribution < -0.4 is 5.32 Å². The summed E-state index contributed by atoms with van der Waals surface area (Å²) in [6, 6.07) is -0.331. The van der Waals surface area contributed by atoms with Crippen LogP contribution in [0.25, 0.3) is 0 Å². The highest BCUT2D eigenvalue weighted by Crippen LogP contribution is 2.21. The van der Waals surface area contributed by atoms with Crippen molar-refractivity contribution in [1.82, 2.24) is 5.32 Å². The van der Waals surface area contributed by atoms with E-state index in [0.717, 1.165) is 0 Å². The summed E-state index contributed by atoms with van der Waals surface area (Å²) >= 11 is 0. The minimum absolute atomic E-state index is 0.00694. The summed E-state index contributed by atoms with van der Waals surface area (Å²) in [5, 5.41) is 19.6. The van der Waals surface area contributed by atoms with Crippen LogP contribution in [-0.4, -0.2) is 22.8 Å². The van der Waals surface area contributed by atoms with Crippen molar-refractivity contribution in [2.24, 2.45) is 5.92 Å². The SMILES string of the molecule is CC(=N)C1=C(O)C(C(C)C)NC1=O. The third-order valence-corrected chi connectivity index (χ3v) is 2.11. The van der Waals surface area contributed by atoms with E-state index in [0.29, 0.717) is 0 Å². The fourth-order valence-electron chi connectivity index (χ4n) is 1.40. The molecular formula is C9H14N2O2. The molecule has 0 fully saturated rings. The molecule has 1 rings (SSSR count). The van der Waals surface area contributed by atoms with Crippen LogP contribution in [0.2, 0.25) is 0 Å². The molecule has 72 valence electrons. The van der Waals surface area contributed by atoms with Crippen LogP contribution >= 0.6 is 0 Å². The molecule has 13 heavy (non-hydrogen) atoms. The van der Waals surface area contributed by atoms with Crippen molar-refractivity contribution in [2.45, 2.75) is 26.8 Å². The van der Waals surface area contributed by atoms with Gasteiger partial charge >= 0.3 is 0 Å². The lowest BCUT2D eigenvalue weighted by molar-refractivity contribution is -0.116. The number of carbonyl (C=O) groups excluding carboxylic acids is 1. The van der Waals surface area contributed by atoms with Gasteiger partial charge in [0.1, 0.15) is 5.76 Å². The van der Waals surface area contributed by atoms with Gasteiger partial charge in [-0.05, 0) is 12.8 Å². The van der Waals surface area contributed by atoms with E-state index in [1.807, 2.05) is 13.8 Å². The largest absolute Gasteiger partial charge is 0.509 e. The van der Waals surface area contributed by atoms with Crippen LogP contribution in [0.15, 0.2) is 11.3 Å². The van der Waals surface area contributed by atoms with E-state index in [-0.39, 0.29) is 34.9 Å². The quantitative estimate of drug-likeness (QED) is 0.557.